The summed E-state index contributed by atoms with van der Waals surface area (Å²) in [5.41, 5.74) is 3.50. The third-order valence-electron chi connectivity index (χ3n) is 7.92. The van der Waals surface area contributed by atoms with Crippen LogP contribution in [0.4, 0.5) is 0 Å². The maximum absolute atomic E-state index is 13.8. The number of nitrogens with zero attached hydrogens (tertiary/aromatic N) is 3. The van der Waals surface area contributed by atoms with Crippen molar-refractivity contribution in [2.75, 3.05) is 13.1 Å². The van der Waals surface area contributed by atoms with Crippen LogP contribution in [0.15, 0.2) is 65.8 Å². The van der Waals surface area contributed by atoms with Gasteiger partial charge in [0.05, 0.1) is 32.0 Å². The highest BCUT2D eigenvalue weighted by molar-refractivity contribution is 7.89. The van der Waals surface area contributed by atoms with E-state index in [4.69, 9.17) is 11.6 Å². The number of imidazole rings is 1. The fraction of sp³-hybridized carbons (Fsp3) is 0.423. The molecule has 3 aromatic rings. The SMILES string of the molecule is Cc1ccc(S(=O)(=O)N2C[C@@H](C(C)C)C(c3ccccc3Cl)[C@@H]([BH2-]c3n(C)cc[n+]3C)C2)cc1. The highest BCUT2D eigenvalue weighted by Crippen LogP contribution is 2.46. The Hall–Kier alpha value is -2.09. The minimum Gasteiger partial charge on any atom is -0.274 e. The van der Waals surface area contributed by atoms with Crippen molar-refractivity contribution < 1.29 is 13.0 Å². The van der Waals surface area contributed by atoms with Crippen LogP contribution in [0.2, 0.25) is 10.8 Å². The number of benzene rings is 2. The molecule has 2 aromatic carbocycles. The maximum Gasteiger partial charge on any atom is 0.242 e. The van der Waals surface area contributed by atoms with E-state index < -0.39 is 17.3 Å². The van der Waals surface area contributed by atoms with Gasteiger partial charge < -0.3 is 0 Å². The molecule has 4 rings (SSSR count). The monoisotopic (exact) mass is 499 g/mol. The molecular formula is C26H35BClN3O2S. The standard InChI is InChI=1S/C26H35BClN3O2S/c1-18(2)22-16-31(34(32,33)20-12-10-19(3)11-13-20)17-23(27-26-29(4)14-15-30(26)5)25(22)21-8-6-7-9-24(21)28/h6-15,18,22-23,25H,16-17,27H2,1-5H3/t22-,23-,25?/m0/s1. The average Bonchev–Trinajstić information content (AvgIpc) is 3.11. The van der Waals surface area contributed by atoms with Crippen LogP contribution in [0.25, 0.3) is 0 Å². The molecule has 0 bridgehead atoms. The molecule has 34 heavy (non-hydrogen) atoms. The van der Waals surface area contributed by atoms with Gasteiger partial charge in [0.2, 0.25) is 10.0 Å². The van der Waals surface area contributed by atoms with E-state index in [9.17, 15) is 8.42 Å². The number of aromatic nitrogens is 2. The van der Waals surface area contributed by atoms with Crippen LogP contribution in [0.5, 0.6) is 0 Å². The topological polar surface area (TPSA) is 46.2 Å². The van der Waals surface area contributed by atoms with Gasteiger partial charge in [0, 0.05) is 11.6 Å². The molecule has 8 heteroatoms. The Bertz CT molecular complexity index is 1240. The summed E-state index contributed by atoms with van der Waals surface area (Å²) in [5.74, 6) is 0.913. The van der Waals surface area contributed by atoms with Crippen molar-refractivity contribution in [1.82, 2.24) is 8.87 Å². The van der Waals surface area contributed by atoms with Crippen LogP contribution >= 0.6 is 11.6 Å². The Balaban J connectivity index is 1.79. The molecule has 5 nitrogen and oxygen atoms in total. The van der Waals surface area contributed by atoms with Crippen molar-refractivity contribution in [2.45, 2.75) is 37.4 Å². The van der Waals surface area contributed by atoms with Crippen molar-refractivity contribution in [1.29, 1.82) is 0 Å². The van der Waals surface area contributed by atoms with E-state index in [0.29, 0.717) is 23.9 Å². The van der Waals surface area contributed by atoms with E-state index in [0.717, 1.165) is 16.1 Å². The largest absolute Gasteiger partial charge is 0.274 e. The van der Waals surface area contributed by atoms with E-state index in [2.05, 4.69) is 55.5 Å². The van der Waals surface area contributed by atoms with E-state index in [1.165, 1.54) is 5.72 Å². The van der Waals surface area contributed by atoms with Crippen LogP contribution in [0.3, 0.4) is 0 Å². The Kier molecular flexibility index (Phi) is 7.27. The molecule has 1 saturated heterocycles. The average molecular weight is 500 g/mol. The van der Waals surface area contributed by atoms with Crippen molar-refractivity contribution in [3.8, 4) is 0 Å². The minimum atomic E-state index is -3.59. The van der Waals surface area contributed by atoms with Gasteiger partial charge in [-0.25, -0.2) is 12.7 Å². The lowest BCUT2D eigenvalue weighted by Crippen LogP contribution is -2.55. The van der Waals surface area contributed by atoms with Crippen LogP contribution in [0.1, 0.15) is 30.9 Å². The summed E-state index contributed by atoms with van der Waals surface area (Å²) in [6, 6.07) is 15.3. The van der Waals surface area contributed by atoms with E-state index in [1.54, 1.807) is 16.4 Å². The Morgan fingerprint density at radius 3 is 2.35 bits per heavy atom. The second kappa shape index (κ2) is 9.88. The van der Waals surface area contributed by atoms with Gasteiger partial charge in [0.15, 0.2) is 0 Å². The quantitative estimate of drug-likeness (QED) is 0.386. The van der Waals surface area contributed by atoms with E-state index in [-0.39, 0.29) is 17.7 Å². The molecule has 0 saturated carbocycles. The summed E-state index contributed by atoms with van der Waals surface area (Å²) in [6.07, 6.45) is 4.15. The van der Waals surface area contributed by atoms with E-state index >= 15 is 0 Å². The molecule has 1 unspecified atom stereocenters. The Morgan fingerprint density at radius 1 is 1.09 bits per heavy atom. The zero-order valence-electron chi connectivity index (χ0n) is 20.9. The fourth-order valence-electron chi connectivity index (χ4n) is 5.92. The lowest BCUT2D eigenvalue weighted by Gasteiger charge is -2.48. The molecule has 0 radical (unpaired) electrons. The van der Waals surface area contributed by atoms with Crippen LogP contribution in [-0.2, 0) is 24.1 Å². The first-order valence-electron chi connectivity index (χ1n) is 12.2. The van der Waals surface area contributed by atoms with Crippen LogP contribution < -0.4 is 10.3 Å². The van der Waals surface area contributed by atoms with Gasteiger partial charge in [0.25, 0.3) is 0 Å². The van der Waals surface area contributed by atoms with Gasteiger partial charge in [-0.3, -0.25) is 9.13 Å². The molecule has 0 spiro atoms. The zero-order chi connectivity index (χ0) is 24.6. The normalized spacial score (nSPS) is 21.8. The summed E-state index contributed by atoms with van der Waals surface area (Å²) in [6.45, 7) is 7.40. The predicted octanol–water partition coefficient (Wildman–Crippen LogP) is 3.15. The third kappa shape index (κ3) is 4.84. The molecule has 182 valence electrons. The van der Waals surface area contributed by atoms with Gasteiger partial charge >= 0.3 is 0 Å². The first-order valence-corrected chi connectivity index (χ1v) is 14.0. The fourth-order valence-corrected chi connectivity index (χ4v) is 7.76. The zero-order valence-corrected chi connectivity index (χ0v) is 22.5. The van der Waals surface area contributed by atoms with Gasteiger partial charge in [-0.05, 0) is 55.0 Å². The van der Waals surface area contributed by atoms with Crippen molar-refractivity contribution in [2.24, 2.45) is 25.9 Å². The first kappa shape index (κ1) is 25.0. The summed E-state index contributed by atoms with van der Waals surface area (Å²) < 4.78 is 33.6. The second-order valence-corrected chi connectivity index (χ2v) is 12.8. The smallest absolute Gasteiger partial charge is 0.242 e. The number of sulfonamides is 1. The predicted molar refractivity (Wildman–Crippen MR) is 141 cm³/mol. The summed E-state index contributed by atoms with van der Waals surface area (Å²) in [4.78, 5) is 0.375. The molecule has 1 aromatic heterocycles. The number of piperidine rings is 1. The number of hydrogen-bond donors (Lipinski definition) is 0. The lowest BCUT2D eigenvalue weighted by atomic mass is 9.52. The molecule has 1 aliphatic heterocycles. The van der Waals surface area contributed by atoms with Gasteiger partial charge in [-0.2, -0.15) is 0 Å². The van der Waals surface area contributed by atoms with Gasteiger partial charge in [0.1, 0.15) is 12.4 Å². The number of rotatable bonds is 6. The third-order valence-corrected chi connectivity index (χ3v) is 10.1. The minimum absolute atomic E-state index is 0.174. The maximum atomic E-state index is 13.8. The molecule has 1 aliphatic rings. The van der Waals surface area contributed by atoms with Gasteiger partial charge in [-0.1, -0.05) is 61.3 Å². The molecule has 1 fully saturated rings. The van der Waals surface area contributed by atoms with Crippen LogP contribution in [0, 0.1) is 18.8 Å². The van der Waals surface area contributed by atoms with Crippen LogP contribution in [-0.4, -0.2) is 37.7 Å². The molecule has 0 amide bonds. The number of halogens is 1. The molecule has 0 N–H and O–H groups in total. The first-order chi connectivity index (χ1) is 16.1. The highest BCUT2D eigenvalue weighted by atomic mass is 35.5. The highest BCUT2D eigenvalue weighted by Gasteiger charge is 2.42. The van der Waals surface area contributed by atoms with Crippen molar-refractivity contribution in [3.63, 3.8) is 0 Å². The van der Waals surface area contributed by atoms with Crippen molar-refractivity contribution >= 4 is 34.6 Å². The Labute approximate surface area is 209 Å². The Morgan fingerprint density at radius 2 is 1.76 bits per heavy atom. The van der Waals surface area contributed by atoms with Gasteiger partial charge in [-0.15, -0.1) is 5.82 Å². The molecule has 3 atom stereocenters. The summed E-state index contributed by atoms with van der Waals surface area (Å²) in [5, 5.41) is 0.779. The van der Waals surface area contributed by atoms with E-state index in [1.807, 2.05) is 37.3 Å². The summed E-state index contributed by atoms with van der Waals surface area (Å²) in [7, 11) is -0.130. The molecular weight excluding hydrogens is 465 g/mol. The molecule has 2 heterocycles. The summed E-state index contributed by atoms with van der Waals surface area (Å²) >= 11 is 6.75. The number of aryl methyl sites for hydroxylation is 3. The van der Waals surface area contributed by atoms with Crippen molar-refractivity contribution in [3.05, 3.63) is 77.1 Å². The number of hydrogen-bond acceptors (Lipinski definition) is 2. The second-order valence-electron chi connectivity index (χ2n) is 10.4. The molecule has 0 aliphatic carbocycles. The lowest BCUT2D eigenvalue weighted by molar-refractivity contribution is -0.653.